The van der Waals surface area contributed by atoms with Gasteiger partial charge in [-0.2, -0.15) is 0 Å². The van der Waals surface area contributed by atoms with E-state index in [2.05, 4.69) is 79.7 Å². The van der Waals surface area contributed by atoms with E-state index in [4.69, 9.17) is 4.74 Å². The molecule has 0 amide bonds. The molecule has 0 heterocycles. The molecule has 0 rings (SSSR count). The molecule has 29 heavy (non-hydrogen) atoms. The summed E-state index contributed by atoms with van der Waals surface area (Å²) >= 11 is 0. The summed E-state index contributed by atoms with van der Waals surface area (Å²) in [7, 11) is 0. The predicted molar refractivity (Wildman–Crippen MR) is 129 cm³/mol. The third kappa shape index (κ3) is 10.4. The zero-order chi connectivity index (χ0) is 22.6. The van der Waals surface area contributed by atoms with Gasteiger partial charge in [0.15, 0.2) is 0 Å². The highest BCUT2D eigenvalue weighted by atomic mass is 16.5. The van der Waals surface area contributed by atoms with E-state index in [0.29, 0.717) is 5.76 Å². The summed E-state index contributed by atoms with van der Waals surface area (Å²) in [5.74, 6) is 0.838. The molecular weight excluding hydrogens is 356 g/mol. The molecule has 0 saturated heterocycles. The standard InChI is InChI=1S/C27H44O2/c1-11-19(5)15-25(16-20(6)12-2)26(17-21(7)13-3)27(18-22(8)14-4)29-24(10)23(9)28/h11-14,27-28H,15-18H2,1-10H3/b19-11+,20-12+,21-13+,22-14+,24-23+. The third-order valence-corrected chi connectivity index (χ3v) is 5.60. The van der Waals surface area contributed by atoms with Crippen LogP contribution in [0.2, 0.25) is 0 Å². The summed E-state index contributed by atoms with van der Waals surface area (Å²) in [6, 6.07) is 0. The highest BCUT2D eigenvalue weighted by Crippen LogP contribution is 2.33. The molecule has 0 saturated carbocycles. The third-order valence-electron chi connectivity index (χ3n) is 5.60. The van der Waals surface area contributed by atoms with Gasteiger partial charge in [-0.15, -0.1) is 0 Å². The minimum absolute atomic E-state index is 0.0903. The van der Waals surface area contributed by atoms with E-state index < -0.39 is 0 Å². The van der Waals surface area contributed by atoms with Crippen LogP contribution in [0.4, 0.5) is 0 Å². The second-order valence-electron chi connectivity index (χ2n) is 8.15. The van der Waals surface area contributed by atoms with Crippen molar-refractivity contribution in [2.45, 2.75) is 101 Å². The fourth-order valence-corrected chi connectivity index (χ4v) is 2.98. The van der Waals surface area contributed by atoms with E-state index in [1.54, 1.807) is 6.92 Å². The van der Waals surface area contributed by atoms with Crippen LogP contribution in [0.3, 0.4) is 0 Å². The Kier molecular flexibility index (Phi) is 13.1. The smallest absolute Gasteiger partial charge is 0.131 e. The Labute approximate surface area is 180 Å². The van der Waals surface area contributed by atoms with Gasteiger partial charge in [-0.05, 0) is 94.1 Å². The number of hydrogen-bond donors (Lipinski definition) is 1. The fourth-order valence-electron chi connectivity index (χ4n) is 2.98. The molecule has 1 atom stereocenters. The van der Waals surface area contributed by atoms with Gasteiger partial charge in [0.25, 0.3) is 0 Å². The van der Waals surface area contributed by atoms with Crippen molar-refractivity contribution in [3.8, 4) is 0 Å². The van der Waals surface area contributed by atoms with Crippen LogP contribution in [0.25, 0.3) is 0 Å². The monoisotopic (exact) mass is 400 g/mol. The van der Waals surface area contributed by atoms with Gasteiger partial charge >= 0.3 is 0 Å². The molecule has 0 aliphatic heterocycles. The number of rotatable bonds is 11. The number of hydrogen-bond acceptors (Lipinski definition) is 2. The maximum absolute atomic E-state index is 9.97. The van der Waals surface area contributed by atoms with Gasteiger partial charge in [0, 0.05) is 6.42 Å². The molecule has 0 aromatic carbocycles. The summed E-state index contributed by atoms with van der Waals surface area (Å²) < 4.78 is 6.37. The van der Waals surface area contributed by atoms with Crippen molar-refractivity contribution in [2.24, 2.45) is 0 Å². The number of allylic oxidation sites excluding steroid dienone is 10. The van der Waals surface area contributed by atoms with Crippen LogP contribution in [-0.4, -0.2) is 11.2 Å². The van der Waals surface area contributed by atoms with E-state index in [1.165, 1.54) is 33.4 Å². The number of ether oxygens (including phenoxy) is 1. The summed E-state index contributed by atoms with van der Waals surface area (Å²) in [4.78, 5) is 0. The van der Waals surface area contributed by atoms with Gasteiger partial charge in [-0.25, -0.2) is 0 Å². The number of aliphatic hydroxyl groups is 1. The Balaban J connectivity index is 6.66. The number of aliphatic hydroxyl groups excluding tert-OH is 1. The first-order valence-electron chi connectivity index (χ1n) is 10.8. The molecule has 0 fully saturated rings. The first-order chi connectivity index (χ1) is 13.6. The van der Waals surface area contributed by atoms with Gasteiger partial charge in [0.1, 0.15) is 17.6 Å². The fraction of sp³-hybridized carbons (Fsp3) is 0.556. The Morgan fingerprint density at radius 1 is 0.690 bits per heavy atom. The van der Waals surface area contributed by atoms with Gasteiger partial charge in [-0.1, -0.05) is 52.2 Å². The van der Waals surface area contributed by atoms with Crippen molar-refractivity contribution in [3.05, 3.63) is 69.3 Å². The van der Waals surface area contributed by atoms with Crippen molar-refractivity contribution in [3.63, 3.8) is 0 Å². The van der Waals surface area contributed by atoms with Crippen molar-refractivity contribution >= 4 is 0 Å². The van der Waals surface area contributed by atoms with Crippen LogP contribution in [0.1, 0.15) is 94.9 Å². The zero-order valence-electron chi connectivity index (χ0n) is 20.6. The highest BCUT2D eigenvalue weighted by Gasteiger charge is 2.22. The Hall–Kier alpha value is -1.96. The first kappa shape index (κ1) is 27.0. The Bertz CT molecular complexity index is 683. The van der Waals surface area contributed by atoms with E-state index in [0.717, 1.165) is 25.7 Å². The molecule has 0 bridgehead atoms. The lowest BCUT2D eigenvalue weighted by molar-refractivity contribution is 0.129. The zero-order valence-corrected chi connectivity index (χ0v) is 20.6. The van der Waals surface area contributed by atoms with E-state index in [9.17, 15) is 5.11 Å². The molecule has 0 radical (unpaired) electrons. The molecule has 0 spiro atoms. The molecule has 1 N–H and O–H groups in total. The van der Waals surface area contributed by atoms with Crippen LogP contribution in [0.15, 0.2) is 69.3 Å². The minimum Gasteiger partial charge on any atom is -0.509 e. The molecule has 0 aliphatic rings. The molecule has 164 valence electrons. The predicted octanol–water partition coefficient (Wildman–Crippen LogP) is 8.90. The highest BCUT2D eigenvalue weighted by molar-refractivity contribution is 5.32. The van der Waals surface area contributed by atoms with Crippen molar-refractivity contribution < 1.29 is 9.84 Å². The lowest BCUT2D eigenvalue weighted by atomic mass is 9.86. The SMILES string of the molecule is C/C=C(\C)CC(C/C(C)=C/C)=C(C/C(C)=C/C)C(C/C(C)=C/C)O/C(C)=C(\C)O. The second-order valence-corrected chi connectivity index (χ2v) is 8.15. The van der Waals surface area contributed by atoms with E-state index in [1.807, 2.05) is 6.92 Å². The molecule has 1 unspecified atom stereocenters. The molecule has 0 aromatic heterocycles. The maximum Gasteiger partial charge on any atom is 0.131 e. The molecule has 0 aromatic rings. The van der Waals surface area contributed by atoms with Gasteiger partial charge in [0.05, 0.1) is 0 Å². The molecule has 0 aliphatic carbocycles. The average molecular weight is 401 g/mol. The van der Waals surface area contributed by atoms with Crippen LogP contribution in [0, 0.1) is 0 Å². The minimum atomic E-state index is -0.0903. The van der Waals surface area contributed by atoms with Crippen molar-refractivity contribution in [1.29, 1.82) is 0 Å². The normalized spacial score (nSPS) is 15.8. The van der Waals surface area contributed by atoms with Gasteiger partial charge in [0.2, 0.25) is 0 Å². The van der Waals surface area contributed by atoms with Crippen molar-refractivity contribution in [1.82, 2.24) is 0 Å². The van der Waals surface area contributed by atoms with E-state index >= 15 is 0 Å². The molecule has 2 nitrogen and oxygen atoms in total. The lowest BCUT2D eigenvalue weighted by Crippen LogP contribution is -2.19. The van der Waals surface area contributed by atoms with Crippen molar-refractivity contribution in [2.75, 3.05) is 0 Å². The van der Waals surface area contributed by atoms with Gasteiger partial charge in [-0.3, -0.25) is 0 Å². The summed E-state index contributed by atoms with van der Waals surface area (Å²) in [5, 5.41) is 9.97. The molecular formula is C27H44O2. The largest absolute Gasteiger partial charge is 0.509 e. The van der Waals surface area contributed by atoms with Crippen LogP contribution < -0.4 is 0 Å². The van der Waals surface area contributed by atoms with Crippen LogP contribution in [0.5, 0.6) is 0 Å². The quantitative estimate of drug-likeness (QED) is 0.277. The summed E-state index contributed by atoms with van der Waals surface area (Å²) in [6.45, 7) is 20.6. The average Bonchev–Trinajstić information content (AvgIpc) is 2.69. The maximum atomic E-state index is 9.97. The Morgan fingerprint density at radius 3 is 1.48 bits per heavy atom. The first-order valence-corrected chi connectivity index (χ1v) is 10.8. The topological polar surface area (TPSA) is 29.5 Å². The molecule has 2 heteroatoms. The van der Waals surface area contributed by atoms with E-state index in [-0.39, 0.29) is 11.9 Å². The lowest BCUT2D eigenvalue weighted by Gasteiger charge is -2.27. The van der Waals surface area contributed by atoms with Crippen LogP contribution >= 0.6 is 0 Å². The van der Waals surface area contributed by atoms with Crippen LogP contribution in [-0.2, 0) is 4.74 Å². The Morgan fingerprint density at radius 2 is 1.10 bits per heavy atom. The second kappa shape index (κ2) is 14.1. The summed E-state index contributed by atoms with van der Waals surface area (Å²) in [6.07, 6.45) is 12.2. The van der Waals surface area contributed by atoms with Gasteiger partial charge < -0.3 is 9.84 Å². The summed E-state index contributed by atoms with van der Waals surface area (Å²) in [5.41, 5.74) is 8.12.